The van der Waals surface area contributed by atoms with Crippen LogP contribution in [0, 0.1) is 0 Å². The fraction of sp³-hybridized carbons (Fsp3) is 0.269. The first-order valence-corrected chi connectivity index (χ1v) is 10.7. The Bertz CT molecular complexity index is 1000. The molecule has 5 nitrogen and oxygen atoms in total. The number of unbranched alkanes of at least 4 members (excludes halogenated alkanes) is 1. The van der Waals surface area contributed by atoms with Crippen LogP contribution in [0.1, 0.15) is 35.7 Å². The number of para-hydroxylation sites is 1. The third-order valence-corrected chi connectivity index (χ3v) is 5.13. The van der Waals surface area contributed by atoms with Crippen LogP contribution in [-0.4, -0.2) is 25.2 Å². The Hall–Kier alpha value is -3.47. The summed E-state index contributed by atoms with van der Waals surface area (Å²) in [7, 11) is 0. The Morgan fingerprint density at radius 3 is 2.55 bits per heavy atom. The summed E-state index contributed by atoms with van der Waals surface area (Å²) in [5.41, 5.74) is 1.69. The number of benzene rings is 3. The Morgan fingerprint density at radius 2 is 1.77 bits per heavy atom. The largest absolute Gasteiger partial charge is 0.494 e. The van der Waals surface area contributed by atoms with E-state index < -0.39 is 0 Å². The number of hydrogen-bond acceptors (Lipinski definition) is 4. The number of rotatable bonds is 9. The Kier molecular flexibility index (Phi) is 6.72. The smallest absolute Gasteiger partial charge is 0.251 e. The molecule has 0 aliphatic carbocycles. The van der Waals surface area contributed by atoms with E-state index in [1.165, 1.54) is 0 Å². The van der Waals surface area contributed by atoms with E-state index >= 15 is 0 Å². The molecule has 1 heterocycles. The second-order valence-corrected chi connectivity index (χ2v) is 7.57. The second kappa shape index (κ2) is 10.0. The monoisotopic (exact) mass is 417 g/mol. The maximum atomic E-state index is 12.5. The molecule has 3 aromatic carbocycles. The zero-order valence-electron chi connectivity index (χ0n) is 17.7. The molecule has 1 unspecified atom stereocenters. The van der Waals surface area contributed by atoms with Gasteiger partial charge < -0.3 is 19.5 Å². The van der Waals surface area contributed by atoms with Crippen LogP contribution in [0.2, 0.25) is 0 Å². The molecule has 1 N–H and O–H groups in total. The molecule has 1 atom stereocenters. The van der Waals surface area contributed by atoms with Gasteiger partial charge in [0.15, 0.2) is 0 Å². The van der Waals surface area contributed by atoms with Gasteiger partial charge in [0, 0.05) is 17.5 Å². The summed E-state index contributed by atoms with van der Waals surface area (Å²) >= 11 is 0. The van der Waals surface area contributed by atoms with Crippen LogP contribution in [0.5, 0.6) is 23.0 Å². The van der Waals surface area contributed by atoms with E-state index in [9.17, 15) is 4.79 Å². The highest BCUT2D eigenvalue weighted by atomic mass is 16.5. The van der Waals surface area contributed by atoms with Gasteiger partial charge in [0.05, 0.1) is 13.2 Å². The molecule has 3 aromatic rings. The number of nitrogens with one attached hydrogen (secondary N) is 1. The topological polar surface area (TPSA) is 56.8 Å². The van der Waals surface area contributed by atoms with Gasteiger partial charge in [-0.15, -0.1) is 0 Å². The Balaban J connectivity index is 1.27. The van der Waals surface area contributed by atoms with Crippen molar-refractivity contribution < 1.29 is 19.0 Å². The fourth-order valence-corrected chi connectivity index (χ4v) is 3.44. The van der Waals surface area contributed by atoms with Crippen LogP contribution in [-0.2, 0) is 6.42 Å². The summed E-state index contributed by atoms with van der Waals surface area (Å²) in [6.07, 6.45) is 2.75. The lowest BCUT2D eigenvalue weighted by Gasteiger charge is -2.12. The van der Waals surface area contributed by atoms with E-state index in [1.54, 1.807) is 12.1 Å². The molecular formula is C26H27NO4. The first-order chi connectivity index (χ1) is 15.2. The molecule has 1 aliphatic heterocycles. The zero-order valence-corrected chi connectivity index (χ0v) is 17.7. The Morgan fingerprint density at radius 1 is 1.00 bits per heavy atom. The van der Waals surface area contributed by atoms with Crippen molar-refractivity contribution in [2.75, 3.05) is 13.2 Å². The van der Waals surface area contributed by atoms with Crippen molar-refractivity contribution in [3.05, 3.63) is 83.9 Å². The van der Waals surface area contributed by atoms with Crippen molar-refractivity contribution in [2.24, 2.45) is 0 Å². The predicted molar refractivity (Wildman–Crippen MR) is 120 cm³/mol. The fourth-order valence-electron chi connectivity index (χ4n) is 3.44. The molecule has 1 amide bonds. The van der Waals surface area contributed by atoms with Crippen molar-refractivity contribution >= 4 is 5.91 Å². The number of amides is 1. The maximum Gasteiger partial charge on any atom is 0.251 e. The van der Waals surface area contributed by atoms with Crippen molar-refractivity contribution in [3.63, 3.8) is 0 Å². The summed E-state index contributed by atoms with van der Waals surface area (Å²) in [6, 6.07) is 22.7. The van der Waals surface area contributed by atoms with Crippen molar-refractivity contribution in [3.8, 4) is 23.0 Å². The van der Waals surface area contributed by atoms with Gasteiger partial charge in [-0.1, -0.05) is 31.5 Å². The molecule has 0 saturated carbocycles. The number of ether oxygens (including phenoxy) is 3. The third kappa shape index (κ3) is 5.57. The van der Waals surface area contributed by atoms with Gasteiger partial charge >= 0.3 is 0 Å². The molecule has 0 aromatic heterocycles. The SMILES string of the molecule is CCCCOc1ccc(C(=O)NCC2Cc3cc(Oc4ccccc4)ccc3O2)cc1. The standard InChI is InChI=1S/C26H27NO4/c1-2-3-15-29-21-11-9-19(10-12-21)26(28)27-18-24-17-20-16-23(13-14-25(20)31-24)30-22-7-5-4-6-8-22/h4-14,16,24H,2-3,15,17-18H2,1H3,(H,27,28). The van der Waals surface area contributed by atoms with Crippen LogP contribution in [0.4, 0.5) is 0 Å². The van der Waals surface area contributed by atoms with Crippen molar-refractivity contribution in [1.82, 2.24) is 5.32 Å². The summed E-state index contributed by atoms with van der Waals surface area (Å²) in [5.74, 6) is 3.08. The van der Waals surface area contributed by atoms with Crippen LogP contribution >= 0.6 is 0 Å². The number of fused-ring (bicyclic) bond motifs is 1. The van der Waals surface area contributed by atoms with Crippen LogP contribution in [0.3, 0.4) is 0 Å². The minimum atomic E-state index is -0.118. The quantitative estimate of drug-likeness (QED) is 0.474. The lowest BCUT2D eigenvalue weighted by molar-refractivity contribution is 0.0933. The lowest BCUT2D eigenvalue weighted by atomic mass is 10.1. The van der Waals surface area contributed by atoms with Gasteiger partial charge in [0.25, 0.3) is 5.91 Å². The third-order valence-electron chi connectivity index (χ3n) is 5.13. The molecule has 0 bridgehead atoms. The molecule has 5 heteroatoms. The first-order valence-electron chi connectivity index (χ1n) is 10.7. The van der Waals surface area contributed by atoms with Gasteiger partial charge in [0.1, 0.15) is 29.1 Å². The summed E-state index contributed by atoms with van der Waals surface area (Å²) in [4.78, 5) is 12.5. The molecular weight excluding hydrogens is 390 g/mol. The molecule has 160 valence electrons. The van der Waals surface area contributed by atoms with Crippen LogP contribution in [0.15, 0.2) is 72.8 Å². The summed E-state index contributed by atoms with van der Waals surface area (Å²) in [5, 5.41) is 2.97. The summed E-state index contributed by atoms with van der Waals surface area (Å²) < 4.78 is 17.5. The van der Waals surface area contributed by atoms with E-state index in [4.69, 9.17) is 14.2 Å². The van der Waals surface area contributed by atoms with Crippen LogP contribution in [0.25, 0.3) is 0 Å². The number of hydrogen-bond donors (Lipinski definition) is 1. The normalized spacial score (nSPS) is 14.4. The molecule has 0 fully saturated rings. The van der Waals surface area contributed by atoms with E-state index in [0.717, 1.165) is 47.8 Å². The van der Waals surface area contributed by atoms with Gasteiger partial charge in [0.2, 0.25) is 0 Å². The van der Waals surface area contributed by atoms with Gasteiger partial charge in [-0.3, -0.25) is 4.79 Å². The molecule has 31 heavy (non-hydrogen) atoms. The highest BCUT2D eigenvalue weighted by Gasteiger charge is 2.24. The van der Waals surface area contributed by atoms with E-state index in [0.29, 0.717) is 18.7 Å². The molecule has 1 aliphatic rings. The Labute approximate surface area is 183 Å². The van der Waals surface area contributed by atoms with Crippen LogP contribution < -0.4 is 19.5 Å². The van der Waals surface area contributed by atoms with Crippen molar-refractivity contribution in [1.29, 1.82) is 0 Å². The molecule has 0 spiro atoms. The number of carbonyl (C=O) groups excluding carboxylic acids is 1. The average molecular weight is 418 g/mol. The van der Waals surface area contributed by atoms with E-state index in [-0.39, 0.29) is 12.0 Å². The van der Waals surface area contributed by atoms with Gasteiger partial charge in [-0.05, 0) is 61.0 Å². The van der Waals surface area contributed by atoms with E-state index in [2.05, 4.69) is 12.2 Å². The van der Waals surface area contributed by atoms with Gasteiger partial charge in [-0.25, -0.2) is 0 Å². The molecule has 0 radical (unpaired) electrons. The number of carbonyl (C=O) groups is 1. The highest BCUT2D eigenvalue weighted by molar-refractivity contribution is 5.94. The molecule has 0 saturated heterocycles. The molecule has 4 rings (SSSR count). The van der Waals surface area contributed by atoms with Gasteiger partial charge in [-0.2, -0.15) is 0 Å². The highest BCUT2D eigenvalue weighted by Crippen LogP contribution is 2.33. The predicted octanol–water partition coefficient (Wildman–Crippen LogP) is 5.39. The lowest BCUT2D eigenvalue weighted by Crippen LogP contribution is -2.34. The first kappa shape index (κ1) is 20.8. The summed E-state index contributed by atoms with van der Waals surface area (Å²) in [6.45, 7) is 3.26. The maximum absolute atomic E-state index is 12.5. The minimum absolute atomic E-state index is 0.0948. The van der Waals surface area contributed by atoms with Crippen molar-refractivity contribution in [2.45, 2.75) is 32.3 Å². The zero-order chi connectivity index (χ0) is 21.5. The second-order valence-electron chi connectivity index (χ2n) is 7.57. The average Bonchev–Trinajstić information content (AvgIpc) is 3.21. The minimum Gasteiger partial charge on any atom is -0.494 e. The van der Waals surface area contributed by atoms with E-state index in [1.807, 2.05) is 60.7 Å².